The lowest BCUT2D eigenvalue weighted by molar-refractivity contribution is -0.122. The van der Waals surface area contributed by atoms with Gasteiger partial charge in [0.25, 0.3) is 0 Å². The largest absolute Gasteiger partial charge is 0.493 e. The minimum Gasteiger partial charge on any atom is -0.493 e. The molecule has 1 amide bonds. The summed E-state index contributed by atoms with van der Waals surface area (Å²) in [6, 6.07) is 4.59. The van der Waals surface area contributed by atoms with Gasteiger partial charge in [-0.3, -0.25) is 4.79 Å². The van der Waals surface area contributed by atoms with Crippen molar-refractivity contribution in [1.29, 1.82) is 0 Å². The van der Waals surface area contributed by atoms with Gasteiger partial charge in [0.05, 0.1) is 12.3 Å². The third kappa shape index (κ3) is 3.95. The number of carbonyl (C=O) groups is 1. The van der Waals surface area contributed by atoms with E-state index < -0.39 is 5.82 Å². The molecule has 0 saturated heterocycles. The highest BCUT2D eigenvalue weighted by molar-refractivity contribution is 5.93. The first-order valence-electron chi connectivity index (χ1n) is 7.29. The van der Waals surface area contributed by atoms with Crippen LogP contribution >= 0.6 is 0 Å². The Kier molecular flexibility index (Phi) is 4.99. The zero-order valence-electron chi connectivity index (χ0n) is 12.1. The van der Waals surface area contributed by atoms with Crippen molar-refractivity contribution in [2.24, 2.45) is 11.8 Å². The molecule has 4 heteroatoms. The summed E-state index contributed by atoms with van der Waals surface area (Å²) < 4.78 is 19.4. The first-order chi connectivity index (χ1) is 9.56. The molecule has 0 aliphatic heterocycles. The summed E-state index contributed by atoms with van der Waals surface area (Å²) in [6.45, 7) is 4.80. The van der Waals surface area contributed by atoms with Crippen molar-refractivity contribution >= 4 is 11.6 Å². The number of hydrogen-bond donors (Lipinski definition) is 1. The molecule has 1 fully saturated rings. The van der Waals surface area contributed by atoms with Gasteiger partial charge in [0, 0.05) is 12.0 Å². The summed E-state index contributed by atoms with van der Waals surface area (Å²) in [7, 11) is 0. The number of amides is 1. The first-order valence-corrected chi connectivity index (χ1v) is 7.29. The highest BCUT2D eigenvalue weighted by atomic mass is 19.1. The Morgan fingerprint density at radius 1 is 1.45 bits per heavy atom. The van der Waals surface area contributed by atoms with E-state index in [2.05, 4.69) is 19.2 Å². The van der Waals surface area contributed by atoms with Crippen molar-refractivity contribution in [2.45, 2.75) is 39.5 Å². The Balaban J connectivity index is 1.89. The monoisotopic (exact) mass is 279 g/mol. The van der Waals surface area contributed by atoms with E-state index in [1.807, 2.05) is 0 Å². The van der Waals surface area contributed by atoms with Gasteiger partial charge in [-0.05, 0) is 37.3 Å². The summed E-state index contributed by atoms with van der Waals surface area (Å²) >= 11 is 0. The van der Waals surface area contributed by atoms with Crippen LogP contribution in [0.2, 0.25) is 0 Å². The second-order valence-corrected chi connectivity index (χ2v) is 5.79. The summed E-state index contributed by atoms with van der Waals surface area (Å²) in [5.74, 6) is 0.588. The molecule has 1 N–H and O–H groups in total. The van der Waals surface area contributed by atoms with Crippen LogP contribution in [-0.4, -0.2) is 12.5 Å². The highest BCUT2D eigenvalue weighted by Gasteiger charge is 2.25. The molecule has 1 aliphatic carbocycles. The van der Waals surface area contributed by atoms with Gasteiger partial charge in [-0.1, -0.05) is 20.3 Å². The zero-order valence-corrected chi connectivity index (χ0v) is 12.1. The van der Waals surface area contributed by atoms with Crippen LogP contribution in [-0.2, 0) is 4.79 Å². The molecule has 0 atom stereocenters. The van der Waals surface area contributed by atoms with E-state index in [1.165, 1.54) is 6.07 Å². The minimum atomic E-state index is -0.445. The Labute approximate surface area is 119 Å². The molecule has 1 saturated carbocycles. The molecule has 1 aromatic carbocycles. The Morgan fingerprint density at radius 2 is 2.20 bits per heavy atom. The number of carbonyl (C=O) groups excluding carboxylic acids is 1. The van der Waals surface area contributed by atoms with Crippen LogP contribution in [0.3, 0.4) is 0 Å². The lowest BCUT2D eigenvalue weighted by Gasteiger charge is -2.24. The van der Waals surface area contributed by atoms with Crippen molar-refractivity contribution in [2.75, 3.05) is 11.9 Å². The van der Waals surface area contributed by atoms with Gasteiger partial charge in [0.15, 0.2) is 0 Å². The van der Waals surface area contributed by atoms with Gasteiger partial charge in [0.1, 0.15) is 11.6 Å². The summed E-state index contributed by atoms with van der Waals surface area (Å²) in [6.07, 6.45) is 3.83. The van der Waals surface area contributed by atoms with Crippen molar-refractivity contribution in [3.8, 4) is 5.75 Å². The SMILES string of the molecule is CC(C)CCOc1ccc(NC(=O)C2CCC2)c(F)c1. The molecule has 1 aliphatic rings. The standard InChI is InChI=1S/C16H22FNO2/c1-11(2)8-9-20-13-6-7-15(14(17)10-13)18-16(19)12-4-3-5-12/h6-7,10-12H,3-5,8-9H2,1-2H3,(H,18,19). The summed E-state index contributed by atoms with van der Waals surface area (Å²) in [5, 5.41) is 2.64. The zero-order chi connectivity index (χ0) is 14.5. The maximum absolute atomic E-state index is 13.9. The lowest BCUT2D eigenvalue weighted by atomic mass is 9.85. The molecule has 1 aromatic rings. The average Bonchev–Trinajstić information content (AvgIpc) is 2.29. The smallest absolute Gasteiger partial charge is 0.227 e. The van der Waals surface area contributed by atoms with Crippen LogP contribution in [0.5, 0.6) is 5.75 Å². The molecule has 0 unspecified atom stereocenters. The van der Waals surface area contributed by atoms with Gasteiger partial charge >= 0.3 is 0 Å². The Morgan fingerprint density at radius 3 is 2.75 bits per heavy atom. The maximum Gasteiger partial charge on any atom is 0.227 e. The highest BCUT2D eigenvalue weighted by Crippen LogP contribution is 2.28. The first kappa shape index (κ1) is 14.8. The third-order valence-electron chi connectivity index (χ3n) is 3.64. The molecular weight excluding hydrogens is 257 g/mol. The van der Waals surface area contributed by atoms with E-state index in [-0.39, 0.29) is 17.5 Å². The molecule has 3 nitrogen and oxygen atoms in total. The van der Waals surface area contributed by atoms with Crippen molar-refractivity contribution < 1.29 is 13.9 Å². The number of benzene rings is 1. The molecule has 2 rings (SSSR count). The summed E-state index contributed by atoms with van der Waals surface area (Å²) in [5.41, 5.74) is 0.234. The predicted molar refractivity (Wildman–Crippen MR) is 77.3 cm³/mol. The lowest BCUT2D eigenvalue weighted by Crippen LogP contribution is -2.28. The van der Waals surface area contributed by atoms with Crippen molar-refractivity contribution in [1.82, 2.24) is 0 Å². The number of halogens is 1. The van der Waals surface area contributed by atoms with E-state index in [0.717, 1.165) is 25.7 Å². The quantitative estimate of drug-likeness (QED) is 0.855. The van der Waals surface area contributed by atoms with Crippen LogP contribution in [0.25, 0.3) is 0 Å². The van der Waals surface area contributed by atoms with Crippen molar-refractivity contribution in [3.05, 3.63) is 24.0 Å². The van der Waals surface area contributed by atoms with Gasteiger partial charge in [-0.2, -0.15) is 0 Å². The Hall–Kier alpha value is -1.58. The normalized spacial score (nSPS) is 15.0. The van der Waals surface area contributed by atoms with Crippen LogP contribution < -0.4 is 10.1 Å². The molecule has 0 bridgehead atoms. The maximum atomic E-state index is 13.9. The van der Waals surface area contributed by atoms with E-state index in [0.29, 0.717) is 18.3 Å². The van der Waals surface area contributed by atoms with Crippen LogP contribution in [0.15, 0.2) is 18.2 Å². The van der Waals surface area contributed by atoms with Gasteiger partial charge in [0.2, 0.25) is 5.91 Å². The molecular formula is C16H22FNO2. The number of anilines is 1. The summed E-state index contributed by atoms with van der Waals surface area (Å²) in [4.78, 5) is 11.8. The fraction of sp³-hybridized carbons (Fsp3) is 0.562. The molecule has 0 heterocycles. The minimum absolute atomic E-state index is 0.0522. The topological polar surface area (TPSA) is 38.3 Å². The molecule has 0 radical (unpaired) electrons. The average molecular weight is 279 g/mol. The van der Waals surface area contributed by atoms with Crippen molar-refractivity contribution in [3.63, 3.8) is 0 Å². The van der Waals surface area contributed by atoms with E-state index in [9.17, 15) is 9.18 Å². The van der Waals surface area contributed by atoms with Gasteiger partial charge in [-0.25, -0.2) is 4.39 Å². The number of nitrogens with one attached hydrogen (secondary N) is 1. The predicted octanol–water partition coefficient (Wildman–Crippen LogP) is 3.99. The van der Waals surface area contributed by atoms with Gasteiger partial charge in [-0.15, -0.1) is 0 Å². The molecule has 110 valence electrons. The Bertz CT molecular complexity index is 470. The van der Waals surface area contributed by atoms with Crippen LogP contribution in [0, 0.1) is 17.7 Å². The second-order valence-electron chi connectivity index (χ2n) is 5.79. The fourth-order valence-electron chi connectivity index (χ4n) is 2.00. The fourth-order valence-corrected chi connectivity index (χ4v) is 2.00. The van der Waals surface area contributed by atoms with E-state index in [4.69, 9.17) is 4.74 Å². The van der Waals surface area contributed by atoms with E-state index in [1.54, 1.807) is 12.1 Å². The second kappa shape index (κ2) is 6.73. The third-order valence-corrected chi connectivity index (χ3v) is 3.64. The van der Waals surface area contributed by atoms with Gasteiger partial charge < -0.3 is 10.1 Å². The van der Waals surface area contributed by atoms with Crippen LogP contribution in [0.4, 0.5) is 10.1 Å². The van der Waals surface area contributed by atoms with E-state index >= 15 is 0 Å². The number of ether oxygens (including phenoxy) is 1. The molecule has 0 spiro atoms. The number of hydrogen-bond acceptors (Lipinski definition) is 2. The van der Waals surface area contributed by atoms with Crippen LogP contribution in [0.1, 0.15) is 39.5 Å². The molecule has 20 heavy (non-hydrogen) atoms. The molecule has 0 aromatic heterocycles. The number of rotatable bonds is 6.